The SMILES string of the molecule is C[C@H](c1cccc(-c2ccc(CN3CCCC3)s2)c1)N(C)Cc1ccc2[nH]ncc2c1. The third-order valence-corrected chi connectivity index (χ3v) is 7.61. The Bertz CT molecular complexity index is 1150. The largest absolute Gasteiger partial charge is 0.298 e. The molecule has 4 nitrogen and oxygen atoms in total. The first-order valence-corrected chi connectivity index (χ1v) is 12.0. The van der Waals surface area contributed by atoms with E-state index in [0.717, 1.165) is 18.6 Å². The zero-order chi connectivity index (χ0) is 21.2. The monoisotopic (exact) mass is 430 g/mol. The van der Waals surface area contributed by atoms with E-state index in [4.69, 9.17) is 0 Å². The lowest BCUT2D eigenvalue weighted by molar-refractivity contribution is 0.253. The van der Waals surface area contributed by atoms with Crippen LogP contribution in [0.3, 0.4) is 0 Å². The van der Waals surface area contributed by atoms with E-state index >= 15 is 0 Å². The highest BCUT2D eigenvalue weighted by molar-refractivity contribution is 7.15. The molecule has 1 saturated heterocycles. The van der Waals surface area contributed by atoms with E-state index in [1.807, 2.05) is 17.5 Å². The van der Waals surface area contributed by atoms with Gasteiger partial charge in [0.1, 0.15) is 0 Å². The van der Waals surface area contributed by atoms with Crippen LogP contribution in [0, 0.1) is 0 Å². The smallest absolute Gasteiger partial charge is 0.0650 e. The third-order valence-electron chi connectivity index (χ3n) is 6.49. The summed E-state index contributed by atoms with van der Waals surface area (Å²) in [6.07, 6.45) is 4.59. The summed E-state index contributed by atoms with van der Waals surface area (Å²) in [5.74, 6) is 0. The Balaban J connectivity index is 1.29. The number of nitrogens with zero attached hydrogens (tertiary/aromatic N) is 3. The molecule has 1 aliphatic rings. The molecule has 1 atom stereocenters. The van der Waals surface area contributed by atoms with Crippen LogP contribution in [0.2, 0.25) is 0 Å². The molecule has 5 rings (SSSR count). The van der Waals surface area contributed by atoms with Crippen LogP contribution in [0.4, 0.5) is 0 Å². The van der Waals surface area contributed by atoms with Crippen molar-refractivity contribution in [2.45, 2.75) is 38.9 Å². The van der Waals surface area contributed by atoms with Gasteiger partial charge in [-0.05, 0) is 86.9 Å². The maximum absolute atomic E-state index is 4.13. The van der Waals surface area contributed by atoms with Crippen molar-refractivity contribution in [3.63, 3.8) is 0 Å². The Morgan fingerprint density at radius 2 is 1.97 bits per heavy atom. The first kappa shape index (κ1) is 20.4. The third kappa shape index (κ3) is 4.59. The number of benzene rings is 2. The number of H-pyrrole nitrogens is 1. The molecule has 1 aliphatic heterocycles. The van der Waals surface area contributed by atoms with E-state index in [1.165, 1.54) is 57.8 Å². The second-order valence-corrected chi connectivity index (χ2v) is 9.93. The summed E-state index contributed by atoms with van der Waals surface area (Å²) in [4.78, 5) is 7.83. The van der Waals surface area contributed by atoms with Crippen molar-refractivity contribution in [1.29, 1.82) is 0 Å². The van der Waals surface area contributed by atoms with Gasteiger partial charge < -0.3 is 0 Å². The summed E-state index contributed by atoms with van der Waals surface area (Å²) in [7, 11) is 2.20. The van der Waals surface area contributed by atoms with Crippen molar-refractivity contribution >= 4 is 22.2 Å². The molecule has 1 fully saturated rings. The lowest BCUT2D eigenvalue weighted by atomic mass is 10.0. The molecule has 4 aromatic rings. The van der Waals surface area contributed by atoms with Crippen LogP contribution in [-0.2, 0) is 13.1 Å². The summed E-state index contributed by atoms with van der Waals surface area (Å²) in [5.41, 5.74) is 5.09. The van der Waals surface area contributed by atoms with Gasteiger partial charge in [-0.2, -0.15) is 5.10 Å². The first-order chi connectivity index (χ1) is 15.2. The lowest BCUT2D eigenvalue weighted by Gasteiger charge is -2.25. The standard InChI is InChI=1S/C26H30N4S/c1-19(29(2)17-20-8-10-25-23(14-20)16-27-28-25)21-6-5-7-22(15-21)26-11-9-24(31-26)18-30-12-3-4-13-30/h5-11,14-16,19H,3-4,12-13,17-18H2,1-2H3,(H,27,28)/t19-/m1/s1. The van der Waals surface area contributed by atoms with Crippen molar-refractivity contribution in [3.05, 3.63) is 76.8 Å². The number of hydrogen-bond donors (Lipinski definition) is 1. The summed E-state index contributed by atoms with van der Waals surface area (Å²) in [6, 6.07) is 20.5. The minimum atomic E-state index is 0.337. The predicted molar refractivity (Wildman–Crippen MR) is 130 cm³/mol. The van der Waals surface area contributed by atoms with Gasteiger partial charge in [-0.1, -0.05) is 24.3 Å². The number of fused-ring (bicyclic) bond motifs is 1. The minimum Gasteiger partial charge on any atom is -0.298 e. The Morgan fingerprint density at radius 1 is 1.10 bits per heavy atom. The normalized spacial score (nSPS) is 15.8. The molecule has 5 heteroatoms. The van der Waals surface area contributed by atoms with Crippen LogP contribution in [0.15, 0.2) is 60.8 Å². The number of rotatable bonds is 7. The van der Waals surface area contributed by atoms with E-state index in [9.17, 15) is 0 Å². The van der Waals surface area contributed by atoms with Crippen molar-refractivity contribution in [3.8, 4) is 10.4 Å². The highest BCUT2D eigenvalue weighted by Crippen LogP contribution is 2.32. The van der Waals surface area contributed by atoms with Crippen LogP contribution in [0.25, 0.3) is 21.3 Å². The highest BCUT2D eigenvalue weighted by atomic mass is 32.1. The number of hydrogen-bond acceptors (Lipinski definition) is 4. The van der Waals surface area contributed by atoms with Crippen molar-refractivity contribution in [1.82, 2.24) is 20.0 Å². The number of likely N-dealkylation sites (tertiary alicyclic amines) is 1. The van der Waals surface area contributed by atoms with Crippen molar-refractivity contribution in [2.24, 2.45) is 0 Å². The predicted octanol–water partition coefficient (Wildman–Crippen LogP) is 6.08. The van der Waals surface area contributed by atoms with Crippen LogP contribution in [-0.4, -0.2) is 40.1 Å². The molecule has 0 amide bonds. The summed E-state index contributed by atoms with van der Waals surface area (Å²) < 4.78 is 0. The van der Waals surface area contributed by atoms with E-state index in [0.29, 0.717) is 6.04 Å². The number of aromatic amines is 1. The average Bonchev–Trinajstić information content (AvgIpc) is 3.55. The van der Waals surface area contributed by atoms with Crippen molar-refractivity contribution in [2.75, 3.05) is 20.1 Å². The Labute approximate surface area is 188 Å². The van der Waals surface area contributed by atoms with Gasteiger partial charge in [0, 0.05) is 34.3 Å². The summed E-state index contributed by atoms with van der Waals surface area (Å²) in [5, 5.41) is 8.33. The fourth-order valence-electron chi connectivity index (χ4n) is 4.50. The van der Waals surface area contributed by atoms with Crippen LogP contribution >= 0.6 is 11.3 Å². The molecule has 0 saturated carbocycles. The zero-order valence-electron chi connectivity index (χ0n) is 18.3. The molecule has 3 heterocycles. The summed E-state index contributed by atoms with van der Waals surface area (Å²) in [6.45, 7) is 6.80. The van der Waals surface area contributed by atoms with Crippen molar-refractivity contribution < 1.29 is 0 Å². The molecule has 2 aromatic heterocycles. The second-order valence-electron chi connectivity index (χ2n) is 8.76. The van der Waals surface area contributed by atoms with Gasteiger partial charge >= 0.3 is 0 Å². The fraction of sp³-hybridized carbons (Fsp3) is 0.346. The quantitative estimate of drug-likeness (QED) is 0.386. The van der Waals surface area contributed by atoms with Gasteiger partial charge in [-0.25, -0.2) is 0 Å². The number of thiophene rings is 1. The van der Waals surface area contributed by atoms with Gasteiger partial charge in [0.2, 0.25) is 0 Å². The van der Waals surface area contributed by atoms with Crippen LogP contribution in [0.5, 0.6) is 0 Å². The first-order valence-electron chi connectivity index (χ1n) is 11.2. The van der Waals surface area contributed by atoms with E-state index in [1.54, 1.807) is 0 Å². The maximum atomic E-state index is 4.13. The fourth-order valence-corrected chi connectivity index (χ4v) is 5.55. The Morgan fingerprint density at radius 3 is 2.84 bits per heavy atom. The van der Waals surface area contributed by atoms with Gasteiger partial charge in [0.05, 0.1) is 11.7 Å². The number of aromatic nitrogens is 2. The Hall–Kier alpha value is -2.47. The number of nitrogens with one attached hydrogen (secondary N) is 1. The van der Waals surface area contributed by atoms with Gasteiger partial charge in [-0.15, -0.1) is 11.3 Å². The molecule has 2 aromatic carbocycles. The van der Waals surface area contributed by atoms with Gasteiger partial charge in [-0.3, -0.25) is 14.9 Å². The highest BCUT2D eigenvalue weighted by Gasteiger charge is 2.15. The van der Waals surface area contributed by atoms with Crippen LogP contribution < -0.4 is 0 Å². The topological polar surface area (TPSA) is 35.2 Å². The minimum absolute atomic E-state index is 0.337. The molecule has 31 heavy (non-hydrogen) atoms. The Kier molecular flexibility index (Phi) is 5.90. The van der Waals surface area contributed by atoms with Gasteiger partial charge in [0.15, 0.2) is 0 Å². The molecular weight excluding hydrogens is 400 g/mol. The molecule has 0 spiro atoms. The van der Waals surface area contributed by atoms with E-state index < -0.39 is 0 Å². The molecule has 0 unspecified atom stereocenters. The van der Waals surface area contributed by atoms with Crippen LogP contribution in [0.1, 0.15) is 41.8 Å². The molecular formula is C26H30N4S. The average molecular weight is 431 g/mol. The van der Waals surface area contributed by atoms with E-state index in [-0.39, 0.29) is 0 Å². The molecule has 160 valence electrons. The molecule has 0 aliphatic carbocycles. The molecule has 1 N–H and O–H groups in total. The maximum Gasteiger partial charge on any atom is 0.0650 e. The molecule has 0 bridgehead atoms. The lowest BCUT2D eigenvalue weighted by Crippen LogP contribution is -2.21. The summed E-state index contributed by atoms with van der Waals surface area (Å²) >= 11 is 1.94. The van der Waals surface area contributed by atoms with Gasteiger partial charge in [0.25, 0.3) is 0 Å². The molecule has 0 radical (unpaired) electrons. The zero-order valence-corrected chi connectivity index (χ0v) is 19.2. The van der Waals surface area contributed by atoms with E-state index in [2.05, 4.69) is 88.6 Å². The second kappa shape index (κ2) is 8.95.